The van der Waals surface area contributed by atoms with Crippen LogP contribution in [0.15, 0.2) is 24.3 Å². The Kier molecular flexibility index (Phi) is 6.81. The van der Waals surface area contributed by atoms with E-state index in [2.05, 4.69) is 16.0 Å². The number of rotatable bonds is 8. The lowest BCUT2D eigenvalue weighted by atomic mass is 10.1. The van der Waals surface area contributed by atoms with Gasteiger partial charge < -0.3 is 16.0 Å². The third-order valence-corrected chi connectivity index (χ3v) is 2.54. The molecule has 0 radical (unpaired) electrons. The van der Waals surface area contributed by atoms with Gasteiger partial charge in [-0.15, -0.1) is 0 Å². The Balaban J connectivity index is 2.31. The molecule has 0 saturated heterocycles. The molecule has 1 aromatic rings. The largest absolute Gasteiger partial charge is 0.359 e. The fraction of sp³-hybridized carbons (Fsp3) is 0.357. The average molecular weight is 277 g/mol. The molecule has 0 heterocycles. The number of hydrogen-bond donors (Lipinski definition) is 3. The van der Waals surface area contributed by atoms with E-state index in [1.54, 1.807) is 24.3 Å². The summed E-state index contributed by atoms with van der Waals surface area (Å²) in [6.07, 6.45) is 1.63. The Morgan fingerprint density at radius 2 is 1.85 bits per heavy atom. The summed E-state index contributed by atoms with van der Waals surface area (Å²) in [5.74, 6) is -0.192. The van der Waals surface area contributed by atoms with Gasteiger partial charge in [-0.25, -0.2) is 0 Å². The number of carbonyl (C=O) groups is 3. The molecular weight excluding hydrogens is 258 g/mol. The van der Waals surface area contributed by atoms with E-state index in [9.17, 15) is 14.4 Å². The number of anilines is 1. The Morgan fingerprint density at radius 1 is 1.15 bits per heavy atom. The highest BCUT2D eigenvalue weighted by Crippen LogP contribution is 2.09. The molecule has 0 bridgehead atoms. The lowest BCUT2D eigenvalue weighted by Gasteiger charge is -2.06. The van der Waals surface area contributed by atoms with Crippen molar-refractivity contribution in [1.82, 2.24) is 10.6 Å². The molecule has 0 spiro atoms. The molecule has 3 N–H and O–H groups in total. The number of hydrogen-bond acceptors (Lipinski definition) is 3. The SMILES string of the molecule is CC(=O)Nc1ccc(CC(=O)NCCCNC=O)cc1. The monoisotopic (exact) mass is 277 g/mol. The summed E-state index contributed by atoms with van der Waals surface area (Å²) in [5, 5.41) is 7.96. The van der Waals surface area contributed by atoms with Crippen molar-refractivity contribution >= 4 is 23.9 Å². The second kappa shape index (κ2) is 8.68. The van der Waals surface area contributed by atoms with Crippen molar-refractivity contribution in [2.45, 2.75) is 19.8 Å². The van der Waals surface area contributed by atoms with Gasteiger partial charge in [0.2, 0.25) is 18.2 Å². The Bertz CT molecular complexity index is 457. The molecular formula is C14H19N3O3. The van der Waals surface area contributed by atoms with Crippen molar-refractivity contribution in [3.05, 3.63) is 29.8 Å². The Hall–Kier alpha value is -2.37. The summed E-state index contributed by atoms with van der Waals surface area (Å²) >= 11 is 0. The average Bonchev–Trinajstić information content (AvgIpc) is 2.40. The fourth-order valence-electron chi connectivity index (χ4n) is 1.63. The first-order valence-corrected chi connectivity index (χ1v) is 6.42. The summed E-state index contributed by atoms with van der Waals surface area (Å²) in [7, 11) is 0. The molecule has 0 aliphatic carbocycles. The maximum atomic E-state index is 11.6. The first kappa shape index (κ1) is 15.7. The molecule has 0 fully saturated rings. The molecule has 20 heavy (non-hydrogen) atoms. The van der Waals surface area contributed by atoms with Crippen LogP contribution in [0.5, 0.6) is 0 Å². The molecule has 0 atom stereocenters. The zero-order valence-electron chi connectivity index (χ0n) is 11.4. The van der Waals surface area contributed by atoms with Crippen LogP contribution in [0.3, 0.4) is 0 Å². The zero-order chi connectivity index (χ0) is 14.8. The molecule has 6 nitrogen and oxygen atoms in total. The highest BCUT2D eigenvalue weighted by Gasteiger charge is 2.03. The quantitative estimate of drug-likeness (QED) is 0.476. The van der Waals surface area contributed by atoms with Crippen LogP contribution in [0.4, 0.5) is 5.69 Å². The smallest absolute Gasteiger partial charge is 0.224 e. The van der Waals surface area contributed by atoms with Crippen molar-refractivity contribution in [1.29, 1.82) is 0 Å². The van der Waals surface area contributed by atoms with Crippen molar-refractivity contribution < 1.29 is 14.4 Å². The molecule has 1 rings (SSSR count). The van der Waals surface area contributed by atoms with E-state index in [4.69, 9.17) is 0 Å². The minimum atomic E-state index is -0.126. The lowest BCUT2D eigenvalue weighted by Crippen LogP contribution is -2.28. The van der Waals surface area contributed by atoms with E-state index >= 15 is 0 Å². The van der Waals surface area contributed by atoms with E-state index in [1.807, 2.05) is 0 Å². The van der Waals surface area contributed by atoms with Gasteiger partial charge in [0.05, 0.1) is 6.42 Å². The number of carbonyl (C=O) groups excluding carboxylic acids is 3. The minimum Gasteiger partial charge on any atom is -0.359 e. The molecule has 0 saturated carbocycles. The minimum absolute atomic E-state index is 0.0663. The highest BCUT2D eigenvalue weighted by molar-refractivity contribution is 5.88. The van der Waals surface area contributed by atoms with Crippen LogP contribution in [-0.2, 0) is 20.8 Å². The van der Waals surface area contributed by atoms with Crippen molar-refractivity contribution in [3.8, 4) is 0 Å². The molecule has 1 aromatic carbocycles. The lowest BCUT2D eigenvalue weighted by molar-refractivity contribution is -0.120. The van der Waals surface area contributed by atoms with Crippen LogP contribution in [0.25, 0.3) is 0 Å². The maximum absolute atomic E-state index is 11.6. The number of benzene rings is 1. The summed E-state index contributed by atoms with van der Waals surface area (Å²) in [4.78, 5) is 32.5. The van der Waals surface area contributed by atoms with E-state index in [0.29, 0.717) is 38.0 Å². The van der Waals surface area contributed by atoms with Gasteiger partial charge in [0.25, 0.3) is 0 Å². The van der Waals surface area contributed by atoms with Crippen molar-refractivity contribution in [3.63, 3.8) is 0 Å². The van der Waals surface area contributed by atoms with Gasteiger partial charge in [0.15, 0.2) is 0 Å². The third-order valence-electron chi connectivity index (χ3n) is 2.54. The second-order valence-electron chi connectivity index (χ2n) is 4.33. The predicted molar refractivity (Wildman–Crippen MR) is 76.1 cm³/mol. The van der Waals surface area contributed by atoms with Gasteiger partial charge in [-0.1, -0.05) is 12.1 Å². The van der Waals surface area contributed by atoms with Crippen LogP contribution in [0, 0.1) is 0 Å². The summed E-state index contributed by atoms with van der Waals surface area (Å²) < 4.78 is 0. The molecule has 6 heteroatoms. The van der Waals surface area contributed by atoms with Gasteiger partial charge in [-0.3, -0.25) is 14.4 Å². The normalized spacial score (nSPS) is 9.65. The van der Waals surface area contributed by atoms with Crippen LogP contribution in [-0.4, -0.2) is 31.3 Å². The first-order chi connectivity index (χ1) is 9.61. The fourth-order valence-corrected chi connectivity index (χ4v) is 1.63. The topological polar surface area (TPSA) is 87.3 Å². The van der Waals surface area contributed by atoms with Crippen LogP contribution in [0.2, 0.25) is 0 Å². The molecule has 108 valence electrons. The number of nitrogens with one attached hydrogen (secondary N) is 3. The van der Waals surface area contributed by atoms with Gasteiger partial charge >= 0.3 is 0 Å². The standard InChI is InChI=1S/C14H19N3O3/c1-11(19)17-13-5-3-12(4-6-13)9-14(20)16-8-2-7-15-10-18/h3-6,10H,2,7-9H2,1H3,(H,15,18)(H,16,20)(H,17,19). The van der Waals surface area contributed by atoms with Crippen molar-refractivity contribution in [2.24, 2.45) is 0 Å². The summed E-state index contributed by atoms with van der Waals surface area (Å²) in [6.45, 7) is 2.53. The molecule has 3 amide bonds. The van der Waals surface area contributed by atoms with Crippen LogP contribution >= 0.6 is 0 Å². The first-order valence-electron chi connectivity index (χ1n) is 6.42. The van der Waals surface area contributed by atoms with E-state index < -0.39 is 0 Å². The molecule has 0 aromatic heterocycles. The van der Waals surface area contributed by atoms with Crippen LogP contribution < -0.4 is 16.0 Å². The highest BCUT2D eigenvalue weighted by atomic mass is 16.2. The van der Waals surface area contributed by atoms with Gasteiger partial charge in [0, 0.05) is 25.7 Å². The summed E-state index contributed by atoms with van der Waals surface area (Å²) in [6, 6.07) is 7.13. The van der Waals surface area contributed by atoms with E-state index in [1.165, 1.54) is 6.92 Å². The second-order valence-corrected chi connectivity index (χ2v) is 4.33. The molecule has 0 unspecified atom stereocenters. The predicted octanol–water partition coefficient (Wildman–Crippen LogP) is 0.440. The third kappa shape index (κ3) is 6.53. The van der Waals surface area contributed by atoms with Gasteiger partial charge in [-0.05, 0) is 24.1 Å². The Labute approximate surface area is 117 Å². The zero-order valence-corrected chi connectivity index (χ0v) is 11.4. The van der Waals surface area contributed by atoms with Gasteiger partial charge in [-0.2, -0.15) is 0 Å². The molecule has 0 aliphatic rings. The number of amides is 3. The summed E-state index contributed by atoms with van der Waals surface area (Å²) in [5.41, 5.74) is 1.59. The molecule has 0 aliphatic heterocycles. The van der Waals surface area contributed by atoms with E-state index in [-0.39, 0.29) is 11.8 Å². The van der Waals surface area contributed by atoms with Crippen molar-refractivity contribution in [2.75, 3.05) is 18.4 Å². The van der Waals surface area contributed by atoms with E-state index in [0.717, 1.165) is 5.56 Å². The van der Waals surface area contributed by atoms with Gasteiger partial charge in [0.1, 0.15) is 0 Å². The maximum Gasteiger partial charge on any atom is 0.224 e. The Morgan fingerprint density at radius 3 is 2.45 bits per heavy atom. The van der Waals surface area contributed by atoms with Crippen LogP contribution in [0.1, 0.15) is 18.9 Å².